The van der Waals surface area contributed by atoms with Gasteiger partial charge in [0.25, 0.3) is 0 Å². The summed E-state index contributed by atoms with van der Waals surface area (Å²) in [5.41, 5.74) is 0. The first-order valence-electron chi connectivity index (χ1n) is 5.47. The molecule has 2 aliphatic heterocycles. The number of aliphatic carboxylic acids is 1. The van der Waals surface area contributed by atoms with Crippen molar-refractivity contribution in [3.05, 3.63) is 0 Å². The molecule has 0 aliphatic carbocycles. The van der Waals surface area contributed by atoms with Gasteiger partial charge in [-0.25, -0.2) is 4.79 Å². The third-order valence-corrected chi connectivity index (χ3v) is 3.96. The lowest BCUT2D eigenvalue weighted by Crippen LogP contribution is -2.45. The summed E-state index contributed by atoms with van der Waals surface area (Å²) in [6.07, 6.45) is 1.22. The van der Waals surface area contributed by atoms with Crippen LogP contribution < -0.4 is 0 Å². The highest BCUT2D eigenvalue weighted by atomic mass is 32.2. The van der Waals surface area contributed by atoms with E-state index in [1.54, 1.807) is 0 Å². The summed E-state index contributed by atoms with van der Waals surface area (Å²) in [7, 11) is 0. The maximum absolute atomic E-state index is 11.9. The zero-order chi connectivity index (χ0) is 12.4. The van der Waals surface area contributed by atoms with E-state index in [1.165, 1.54) is 21.6 Å². The smallest absolute Gasteiger partial charge is 0.326 e. The fourth-order valence-corrected chi connectivity index (χ4v) is 3.02. The number of likely N-dealkylation sites (tertiary alicyclic amines) is 1. The van der Waals surface area contributed by atoms with Gasteiger partial charge >= 0.3 is 5.97 Å². The standard InChI is InChI=1S/C10H14N2O4S/c13-8(4-11-6-17-5-9(11)14)12-3-1-2-7(12)10(15)16/h7H,1-6H2,(H,15,16)/t7-/m1/s1. The van der Waals surface area contributed by atoms with E-state index in [2.05, 4.69) is 0 Å². The minimum Gasteiger partial charge on any atom is -0.480 e. The summed E-state index contributed by atoms with van der Waals surface area (Å²) < 4.78 is 0. The second-order valence-electron chi connectivity index (χ2n) is 4.15. The van der Waals surface area contributed by atoms with E-state index in [0.717, 1.165) is 0 Å². The van der Waals surface area contributed by atoms with Gasteiger partial charge in [-0.3, -0.25) is 9.59 Å². The molecular formula is C10H14N2O4S. The van der Waals surface area contributed by atoms with Crippen LogP contribution >= 0.6 is 11.8 Å². The van der Waals surface area contributed by atoms with Crippen molar-refractivity contribution in [1.82, 2.24) is 9.80 Å². The van der Waals surface area contributed by atoms with Crippen molar-refractivity contribution in [3.63, 3.8) is 0 Å². The number of hydrogen-bond acceptors (Lipinski definition) is 4. The zero-order valence-electron chi connectivity index (χ0n) is 9.29. The van der Waals surface area contributed by atoms with Crippen LogP contribution in [0.2, 0.25) is 0 Å². The molecule has 0 unspecified atom stereocenters. The van der Waals surface area contributed by atoms with Crippen LogP contribution in [0, 0.1) is 0 Å². The molecular weight excluding hydrogens is 244 g/mol. The first kappa shape index (κ1) is 12.2. The molecule has 2 amide bonds. The molecule has 2 heterocycles. The van der Waals surface area contributed by atoms with Gasteiger partial charge in [0.2, 0.25) is 11.8 Å². The van der Waals surface area contributed by atoms with Gasteiger partial charge in [0.1, 0.15) is 12.6 Å². The van der Waals surface area contributed by atoms with Gasteiger partial charge in [-0.1, -0.05) is 0 Å². The third-order valence-electron chi connectivity index (χ3n) is 3.01. The maximum Gasteiger partial charge on any atom is 0.326 e. The van der Waals surface area contributed by atoms with E-state index in [4.69, 9.17) is 5.11 Å². The molecule has 1 N–H and O–H groups in total. The molecule has 6 nitrogen and oxygen atoms in total. The second kappa shape index (κ2) is 4.95. The lowest BCUT2D eigenvalue weighted by Gasteiger charge is -2.24. The number of hydrogen-bond donors (Lipinski definition) is 1. The minimum absolute atomic E-state index is 0.00954. The molecule has 2 saturated heterocycles. The van der Waals surface area contributed by atoms with Gasteiger partial charge < -0.3 is 14.9 Å². The van der Waals surface area contributed by atoms with Crippen LogP contribution in [0.5, 0.6) is 0 Å². The Labute approximate surface area is 103 Å². The van der Waals surface area contributed by atoms with Crippen LogP contribution in [-0.4, -0.2) is 63.5 Å². The van der Waals surface area contributed by atoms with E-state index in [1.807, 2.05) is 0 Å². The SMILES string of the molecule is O=C(O)[C@H]1CCCN1C(=O)CN1CSCC1=O. The predicted octanol–water partition coefficient (Wildman–Crippen LogP) is -0.405. The van der Waals surface area contributed by atoms with Crippen molar-refractivity contribution >= 4 is 29.5 Å². The Balaban J connectivity index is 1.95. The van der Waals surface area contributed by atoms with E-state index < -0.39 is 12.0 Å². The quantitative estimate of drug-likeness (QED) is 0.745. The molecule has 7 heteroatoms. The van der Waals surface area contributed by atoms with Crippen molar-refractivity contribution in [3.8, 4) is 0 Å². The topological polar surface area (TPSA) is 77.9 Å². The monoisotopic (exact) mass is 258 g/mol. The Kier molecular flexibility index (Phi) is 3.56. The van der Waals surface area contributed by atoms with Crippen LogP contribution in [-0.2, 0) is 14.4 Å². The average Bonchev–Trinajstić information content (AvgIpc) is 2.87. The number of amides is 2. The Bertz CT molecular complexity index is 360. The van der Waals surface area contributed by atoms with Crippen LogP contribution in [0.4, 0.5) is 0 Å². The summed E-state index contributed by atoms with van der Waals surface area (Å²) in [5, 5.41) is 8.97. The van der Waals surface area contributed by atoms with Crippen molar-refractivity contribution in [1.29, 1.82) is 0 Å². The molecule has 1 atom stereocenters. The molecule has 17 heavy (non-hydrogen) atoms. The highest BCUT2D eigenvalue weighted by Gasteiger charge is 2.35. The molecule has 94 valence electrons. The number of nitrogens with zero attached hydrogens (tertiary/aromatic N) is 2. The van der Waals surface area contributed by atoms with Crippen molar-refractivity contribution in [2.24, 2.45) is 0 Å². The number of thioether (sulfide) groups is 1. The van der Waals surface area contributed by atoms with Gasteiger partial charge in [0.15, 0.2) is 0 Å². The Morgan fingerprint density at radius 1 is 1.47 bits per heavy atom. The first-order chi connectivity index (χ1) is 8.09. The summed E-state index contributed by atoms with van der Waals surface area (Å²) in [6, 6.07) is -0.715. The predicted molar refractivity (Wildman–Crippen MR) is 61.4 cm³/mol. The van der Waals surface area contributed by atoms with E-state index in [-0.39, 0.29) is 18.4 Å². The Morgan fingerprint density at radius 2 is 2.24 bits per heavy atom. The highest BCUT2D eigenvalue weighted by Crippen LogP contribution is 2.19. The molecule has 2 rings (SSSR count). The summed E-state index contributed by atoms with van der Waals surface area (Å²) in [5.74, 6) is -0.329. The summed E-state index contributed by atoms with van der Waals surface area (Å²) in [4.78, 5) is 37.1. The molecule has 0 radical (unpaired) electrons. The van der Waals surface area contributed by atoms with Gasteiger partial charge in [-0.2, -0.15) is 0 Å². The first-order valence-corrected chi connectivity index (χ1v) is 6.63. The Morgan fingerprint density at radius 3 is 2.82 bits per heavy atom. The molecule has 0 spiro atoms. The maximum atomic E-state index is 11.9. The average molecular weight is 258 g/mol. The van der Waals surface area contributed by atoms with Gasteiger partial charge in [0, 0.05) is 6.54 Å². The Hall–Kier alpha value is -1.24. The summed E-state index contributed by atoms with van der Waals surface area (Å²) in [6.45, 7) is 0.487. The molecule has 0 aromatic carbocycles. The van der Waals surface area contributed by atoms with Gasteiger partial charge in [-0.15, -0.1) is 11.8 Å². The van der Waals surface area contributed by atoms with Crippen LogP contribution in [0.25, 0.3) is 0 Å². The van der Waals surface area contributed by atoms with Gasteiger partial charge in [-0.05, 0) is 12.8 Å². The molecule has 2 aliphatic rings. The fourth-order valence-electron chi connectivity index (χ4n) is 2.12. The number of carbonyl (C=O) groups excluding carboxylic acids is 2. The lowest BCUT2D eigenvalue weighted by atomic mass is 10.2. The fraction of sp³-hybridized carbons (Fsp3) is 0.700. The molecule has 0 saturated carbocycles. The molecule has 0 bridgehead atoms. The largest absolute Gasteiger partial charge is 0.480 e. The van der Waals surface area contributed by atoms with Gasteiger partial charge in [0.05, 0.1) is 11.6 Å². The molecule has 0 aromatic rings. The van der Waals surface area contributed by atoms with Crippen molar-refractivity contribution in [2.75, 3.05) is 24.7 Å². The number of carboxylic acids is 1. The van der Waals surface area contributed by atoms with Crippen LogP contribution in [0.3, 0.4) is 0 Å². The number of carboxylic acid groups (broad SMARTS) is 1. The zero-order valence-corrected chi connectivity index (χ0v) is 10.1. The molecule has 0 aromatic heterocycles. The number of carbonyl (C=O) groups is 3. The minimum atomic E-state index is -0.960. The third kappa shape index (κ3) is 2.54. The van der Waals surface area contributed by atoms with Crippen molar-refractivity contribution in [2.45, 2.75) is 18.9 Å². The highest BCUT2D eigenvalue weighted by molar-refractivity contribution is 8.00. The van der Waals surface area contributed by atoms with E-state index in [9.17, 15) is 14.4 Å². The van der Waals surface area contributed by atoms with E-state index >= 15 is 0 Å². The second-order valence-corrected chi connectivity index (χ2v) is 5.11. The van der Waals surface area contributed by atoms with Crippen molar-refractivity contribution < 1.29 is 19.5 Å². The molecule has 2 fully saturated rings. The lowest BCUT2D eigenvalue weighted by molar-refractivity contribution is -0.149. The van der Waals surface area contributed by atoms with Crippen LogP contribution in [0.1, 0.15) is 12.8 Å². The number of rotatable bonds is 3. The van der Waals surface area contributed by atoms with Crippen LogP contribution in [0.15, 0.2) is 0 Å². The van der Waals surface area contributed by atoms with E-state index in [0.29, 0.717) is 31.0 Å². The summed E-state index contributed by atoms with van der Waals surface area (Å²) >= 11 is 1.47. The normalized spacial score (nSPS) is 24.5.